The van der Waals surface area contributed by atoms with Gasteiger partial charge in [-0.05, 0) is 25.0 Å². The normalized spacial score (nSPS) is 16.3. The van der Waals surface area contributed by atoms with Gasteiger partial charge in [-0.1, -0.05) is 31.4 Å². The van der Waals surface area contributed by atoms with Gasteiger partial charge in [0, 0.05) is 0 Å². The van der Waals surface area contributed by atoms with E-state index in [1.54, 1.807) is 18.2 Å². The first-order chi connectivity index (χ1) is 11.1. The molecular weight excluding hydrogens is 298 g/mol. The number of hydrogen-bond donors (Lipinski definition) is 1. The first-order valence-corrected chi connectivity index (χ1v) is 7.76. The number of nitrogens with one attached hydrogen (secondary N) is 1. The molecule has 0 radical (unpaired) electrons. The van der Waals surface area contributed by atoms with Gasteiger partial charge in [-0.2, -0.15) is 0 Å². The Balaban J connectivity index is 1.98. The van der Waals surface area contributed by atoms with Gasteiger partial charge in [-0.15, -0.1) is 0 Å². The molecule has 6 nitrogen and oxygen atoms in total. The van der Waals surface area contributed by atoms with Crippen molar-refractivity contribution in [1.29, 1.82) is 0 Å². The van der Waals surface area contributed by atoms with Crippen LogP contribution in [0.15, 0.2) is 24.3 Å². The van der Waals surface area contributed by atoms with Gasteiger partial charge in [0.15, 0.2) is 18.1 Å². The van der Waals surface area contributed by atoms with Gasteiger partial charge < -0.3 is 19.5 Å². The Morgan fingerprint density at radius 3 is 2.35 bits per heavy atom. The third-order valence-corrected chi connectivity index (χ3v) is 4.09. The van der Waals surface area contributed by atoms with Gasteiger partial charge in [-0.3, -0.25) is 4.79 Å². The first kappa shape index (κ1) is 17.1. The highest BCUT2D eigenvalue weighted by Crippen LogP contribution is 2.30. The van der Waals surface area contributed by atoms with Crippen LogP contribution in [0.3, 0.4) is 0 Å². The molecule has 0 atom stereocenters. The van der Waals surface area contributed by atoms with Crippen LogP contribution < -0.4 is 14.8 Å². The van der Waals surface area contributed by atoms with Crippen LogP contribution in [0.1, 0.15) is 32.1 Å². The zero-order valence-electron chi connectivity index (χ0n) is 13.6. The highest BCUT2D eigenvalue weighted by Gasteiger charge is 2.41. The fraction of sp³-hybridized carbons (Fsp3) is 0.529. The maximum atomic E-state index is 12.2. The van der Waals surface area contributed by atoms with E-state index in [0.29, 0.717) is 24.3 Å². The summed E-state index contributed by atoms with van der Waals surface area (Å²) in [4.78, 5) is 24.3. The molecule has 6 heteroatoms. The van der Waals surface area contributed by atoms with Crippen molar-refractivity contribution in [3.05, 3.63) is 24.3 Å². The molecule has 1 aliphatic carbocycles. The third kappa shape index (κ3) is 4.15. The van der Waals surface area contributed by atoms with E-state index in [1.807, 2.05) is 6.07 Å². The summed E-state index contributed by atoms with van der Waals surface area (Å²) >= 11 is 0. The lowest BCUT2D eigenvalue weighted by Crippen LogP contribution is -2.57. The summed E-state index contributed by atoms with van der Waals surface area (Å²) in [6, 6.07) is 7.10. The van der Waals surface area contributed by atoms with Crippen molar-refractivity contribution in [1.82, 2.24) is 5.32 Å². The Kier molecular flexibility index (Phi) is 5.84. The molecular formula is C17H23NO5. The Morgan fingerprint density at radius 1 is 1.09 bits per heavy atom. The number of carbonyl (C=O) groups excluding carboxylic acids is 2. The lowest BCUT2D eigenvalue weighted by atomic mass is 9.81. The van der Waals surface area contributed by atoms with E-state index >= 15 is 0 Å². The summed E-state index contributed by atoms with van der Waals surface area (Å²) in [7, 11) is 2.88. The van der Waals surface area contributed by atoms with Crippen LogP contribution in [-0.4, -0.2) is 38.2 Å². The molecule has 0 unspecified atom stereocenters. The minimum absolute atomic E-state index is 0.181. The number of esters is 1. The quantitative estimate of drug-likeness (QED) is 0.812. The number of amides is 1. The van der Waals surface area contributed by atoms with Crippen molar-refractivity contribution in [2.24, 2.45) is 0 Å². The minimum atomic E-state index is -0.922. The fourth-order valence-electron chi connectivity index (χ4n) is 2.92. The Labute approximate surface area is 136 Å². The SMILES string of the molecule is COC(=O)C1(NC(=O)COc2ccccc2OC)CCCCC1. The molecule has 0 spiro atoms. The molecule has 0 heterocycles. The van der Waals surface area contributed by atoms with Crippen molar-refractivity contribution >= 4 is 11.9 Å². The molecule has 1 aromatic rings. The molecule has 1 saturated carbocycles. The molecule has 0 bridgehead atoms. The number of carbonyl (C=O) groups is 2. The van der Waals surface area contributed by atoms with Gasteiger partial charge in [0.05, 0.1) is 14.2 Å². The number of methoxy groups -OCH3 is 2. The maximum absolute atomic E-state index is 12.2. The minimum Gasteiger partial charge on any atom is -0.493 e. The van der Waals surface area contributed by atoms with Crippen LogP contribution in [0, 0.1) is 0 Å². The number of benzene rings is 1. The zero-order valence-corrected chi connectivity index (χ0v) is 13.6. The van der Waals surface area contributed by atoms with E-state index in [4.69, 9.17) is 14.2 Å². The highest BCUT2D eigenvalue weighted by atomic mass is 16.5. The Hall–Kier alpha value is -2.24. The molecule has 1 aromatic carbocycles. The summed E-state index contributed by atoms with van der Waals surface area (Å²) in [6.07, 6.45) is 4.04. The molecule has 1 N–H and O–H groups in total. The standard InChI is InChI=1S/C17H23NO5/c1-21-13-8-4-5-9-14(13)23-12-15(19)18-17(16(20)22-2)10-6-3-7-11-17/h4-5,8-9H,3,6-7,10-12H2,1-2H3,(H,18,19). The van der Waals surface area contributed by atoms with Gasteiger partial charge >= 0.3 is 5.97 Å². The van der Waals surface area contributed by atoms with Crippen LogP contribution in [0.5, 0.6) is 11.5 Å². The van der Waals surface area contributed by atoms with E-state index in [0.717, 1.165) is 19.3 Å². The maximum Gasteiger partial charge on any atom is 0.331 e. The zero-order chi connectivity index (χ0) is 16.7. The Bertz CT molecular complexity index is 552. The van der Waals surface area contributed by atoms with E-state index < -0.39 is 5.54 Å². The summed E-state index contributed by atoms with van der Waals surface area (Å²) in [6.45, 7) is -0.181. The second-order valence-electron chi connectivity index (χ2n) is 5.62. The van der Waals surface area contributed by atoms with Gasteiger partial charge in [0.1, 0.15) is 5.54 Å². The van der Waals surface area contributed by atoms with Crippen LogP contribution >= 0.6 is 0 Å². The smallest absolute Gasteiger partial charge is 0.331 e. The lowest BCUT2D eigenvalue weighted by molar-refractivity contribution is -0.152. The molecule has 1 fully saturated rings. The third-order valence-electron chi connectivity index (χ3n) is 4.09. The average Bonchev–Trinajstić information content (AvgIpc) is 2.60. The van der Waals surface area contributed by atoms with E-state index in [2.05, 4.69) is 5.32 Å². The molecule has 1 aliphatic rings. The van der Waals surface area contributed by atoms with E-state index in [-0.39, 0.29) is 18.5 Å². The molecule has 0 saturated heterocycles. The van der Waals surface area contributed by atoms with Crippen molar-refractivity contribution in [3.63, 3.8) is 0 Å². The summed E-state index contributed by atoms with van der Waals surface area (Å²) < 4.78 is 15.6. The second-order valence-corrected chi connectivity index (χ2v) is 5.62. The number of para-hydroxylation sites is 2. The monoisotopic (exact) mass is 321 g/mol. The van der Waals surface area contributed by atoms with E-state index in [9.17, 15) is 9.59 Å². The van der Waals surface area contributed by atoms with Crippen molar-refractivity contribution < 1.29 is 23.8 Å². The summed E-state index contributed by atoms with van der Waals surface area (Å²) in [5, 5.41) is 2.81. The number of ether oxygens (including phenoxy) is 3. The number of hydrogen-bond acceptors (Lipinski definition) is 5. The van der Waals surface area contributed by atoms with Crippen molar-refractivity contribution in [2.45, 2.75) is 37.6 Å². The number of rotatable bonds is 6. The lowest BCUT2D eigenvalue weighted by Gasteiger charge is -2.35. The topological polar surface area (TPSA) is 73.9 Å². The van der Waals surface area contributed by atoms with Crippen LogP contribution in [0.25, 0.3) is 0 Å². The fourth-order valence-corrected chi connectivity index (χ4v) is 2.92. The molecule has 1 amide bonds. The molecule has 0 aliphatic heterocycles. The molecule has 0 aromatic heterocycles. The second kappa shape index (κ2) is 7.85. The molecule has 23 heavy (non-hydrogen) atoms. The summed E-state index contributed by atoms with van der Waals surface area (Å²) in [5.41, 5.74) is -0.922. The van der Waals surface area contributed by atoms with Crippen LogP contribution in [-0.2, 0) is 14.3 Å². The van der Waals surface area contributed by atoms with Gasteiger partial charge in [0.2, 0.25) is 0 Å². The van der Waals surface area contributed by atoms with Gasteiger partial charge in [-0.25, -0.2) is 4.79 Å². The predicted molar refractivity (Wildman–Crippen MR) is 84.5 cm³/mol. The van der Waals surface area contributed by atoms with Crippen molar-refractivity contribution in [3.8, 4) is 11.5 Å². The van der Waals surface area contributed by atoms with Crippen molar-refractivity contribution in [2.75, 3.05) is 20.8 Å². The van der Waals surface area contributed by atoms with E-state index in [1.165, 1.54) is 14.2 Å². The summed E-state index contributed by atoms with van der Waals surface area (Å²) in [5.74, 6) is 0.313. The highest BCUT2D eigenvalue weighted by molar-refractivity contribution is 5.88. The average molecular weight is 321 g/mol. The largest absolute Gasteiger partial charge is 0.493 e. The van der Waals surface area contributed by atoms with Gasteiger partial charge in [0.25, 0.3) is 5.91 Å². The Morgan fingerprint density at radius 2 is 1.74 bits per heavy atom. The molecule has 2 rings (SSSR count). The van der Waals surface area contributed by atoms with Crippen LogP contribution in [0.2, 0.25) is 0 Å². The predicted octanol–water partition coefficient (Wildman–Crippen LogP) is 2.07. The molecule has 126 valence electrons. The first-order valence-electron chi connectivity index (χ1n) is 7.76. The van der Waals surface area contributed by atoms with Crippen LogP contribution in [0.4, 0.5) is 0 Å².